The third kappa shape index (κ3) is 3.94. The molecular formula is C27H26BrCl2NO3. The van der Waals surface area contributed by atoms with Crippen LogP contribution in [0.3, 0.4) is 0 Å². The smallest absolute Gasteiger partial charge is 0.145 e. The third-order valence-electron chi connectivity index (χ3n) is 7.92. The van der Waals surface area contributed by atoms with E-state index >= 15 is 0 Å². The molecule has 3 aliphatic carbocycles. The maximum atomic E-state index is 11.8. The van der Waals surface area contributed by atoms with Crippen LogP contribution in [0.1, 0.15) is 61.3 Å². The number of aliphatic hydroxyl groups is 1. The van der Waals surface area contributed by atoms with Crippen molar-refractivity contribution < 1.29 is 14.4 Å². The van der Waals surface area contributed by atoms with Crippen LogP contribution in [-0.2, 0) is 16.9 Å². The van der Waals surface area contributed by atoms with E-state index in [2.05, 4.69) is 33.2 Å². The lowest BCUT2D eigenvalue weighted by Crippen LogP contribution is -2.44. The maximum absolute atomic E-state index is 11.8. The second kappa shape index (κ2) is 8.94. The SMILES string of the molecule is O[C@@]1(c2cccc(Br)c2)[C@@H]2CC[C@H]1C[C@@H](OCc1c(-c3c(Cl)cccc3Cl)noc1C1CC1)C2. The number of hydrogen-bond acceptors (Lipinski definition) is 4. The van der Waals surface area contributed by atoms with Gasteiger partial charge in [0.1, 0.15) is 11.5 Å². The number of fused-ring (bicyclic) bond motifs is 2. The molecule has 1 heterocycles. The molecular weight excluding hydrogens is 537 g/mol. The average molecular weight is 563 g/mol. The van der Waals surface area contributed by atoms with E-state index in [9.17, 15) is 5.11 Å². The summed E-state index contributed by atoms with van der Waals surface area (Å²) < 4.78 is 13.3. The topological polar surface area (TPSA) is 55.5 Å². The number of hydrogen-bond donors (Lipinski definition) is 1. The van der Waals surface area contributed by atoms with Gasteiger partial charge in [-0.15, -0.1) is 0 Å². The summed E-state index contributed by atoms with van der Waals surface area (Å²) in [5, 5.41) is 17.3. The highest BCUT2D eigenvalue weighted by Gasteiger charge is 2.54. The molecule has 1 N–H and O–H groups in total. The van der Waals surface area contributed by atoms with Gasteiger partial charge in [0, 0.05) is 21.5 Å². The van der Waals surface area contributed by atoms with Crippen molar-refractivity contribution in [2.75, 3.05) is 0 Å². The zero-order chi connectivity index (χ0) is 23.4. The molecule has 3 saturated carbocycles. The normalized spacial score (nSPS) is 28.4. The number of nitrogens with zero attached hydrogens (tertiary/aromatic N) is 1. The molecule has 0 radical (unpaired) electrons. The third-order valence-corrected chi connectivity index (χ3v) is 9.04. The van der Waals surface area contributed by atoms with E-state index in [-0.39, 0.29) is 17.9 Å². The summed E-state index contributed by atoms with van der Waals surface area (Å²) in [6.07, 6.45) is 6.01. The lowest BCUT2D eigenvalue weighted by atomic mass is 9.69. The van der Waals surface area contributed by atoms with Gasteiger partial charge in [-0.25, -0.2) is 0 Å². The van der Waals surface area contributed by atoms with Crippen LogP contribution in [-0.4, -0.2) is 16.4 Å². The van der Waals surface area contributed by atoms with Gasteiger partial charge in [0.25, 0.3) is 0 Å². The fraction of sp³-hybridized carbons (Fsp3) is 0.444. The van der Waals surface area contributed by atoms with Crippen molar-refractivity contribution in [2.24, 2.45) is 11.8 Å². The first-order valence-corrected chi connectivity index (χ1v) is 13.5. The van der Waals surface area contributed by atoms with Crippen LogP contribution >= 0.6 is 39.1 Å². The Balaban J connectivity index is 1.24. The standard InChI is InChI=1S/C27H26BrCl2NO3/c28-19-4-1-3-16(11-19)27(32)17-9-10-18(27)13-20(12-17)33-14-21-25(31-34-26(21)15-7-8-15)24-22(29)5-2-6-23(24)30/h1-6,11,15,17-18,20,32H,7-10,12-14H2/t17-,18+,20+,27+. The van der Waals surface area contributed by atoms with Crippen molar-refractivity contribution in [1.82, 2.24) is 5.16 Å². The first-order valence-electron chi connectivity index (χ1n) is 12.0. The average Bonchev–Trinajstić information content (AvgIpc) is 3.56. The largest absolute Gasteiger partial charge is 0.385 e. The van der Waals surface area contributed by atoms with E-state index < -0.39 is 5.60 Å². The second-order valence-corrected chi connectivity index (χ2v) is 11.7. The number of aromatic nitrogens is 1. The summed E-state index contributed by atoms with van der Waals surface area (Å²) in [6, 6.07) is 13.6. The van der Waals surface area contributed by atoms with Gasteiger partial charge in [0.05, 0.1) is 28.4 Å². The Kier molecular flexibility index (Phi) is 6.06. The van der Waals surface area contributed by atoms with Crippen LogP contribution < -0.4 is 0 Å². The molecule has 1 aromatic heterocycles. The molecule has 0 saturated heterocycles. The molecule has 0 spiro atoms. The predicted molar refractivity (Wildman–Crippen MR) is 136 cm³/mol. The summed E-state index contributed by atoms with van der Waals surface area (Å²) in [5.74, 6) is 1.67. The van der Waals surface area contributed by atoms with Crippen LogP contribution in [0.4, 0.5) is 0 Å². The molecule has 3 fully saturated rings. The van der Waals surface area contributed by atoms with Crippen molar-refractivity contribution in [3.05, 3.63) is 73.9 Å². The molecule has 0 amide bonds. The zero-order valence-electron chi connectivity index (χ0n) is 18.6. The van der Waals surface area contributed by atoms with Gasteiger partial charge < -0.3 is 14.4 Å². The van der Waals surface area contributed by atoms with Gasteiger partial charge >= 0.3 is 0 Å². The van der Waals surface area contributed by atoms with E-state index in [1.807, 2.05) is 30.3 Å². The minimum Gasteiger partial charge on any atom is -0.385 e. The van der Waals surface area contributed by atoms with E-state index in [0.717, 1.165) is 59.9 Å². The van der Waals surface area contributed by atoms with Gasteiger partial charge in [-0.1, -0.05) is 62.5 Å². The van der Waals surface area contributed by atoms with Crippen LogP contribution in [0.2, 0.25) is 10.0 Å². The van der Waals surface area contributed by atoms with Crippen molar-refractivity contribution in [1.29, 1.82) is 0 Å². The molecule has 178 valence electrons. The number of halogens is 3. The van der Waals surface area contributed by atoms with Crippen molar-refractivity contribution in [3.8, 4) is 11.3 Å². The highest BCUT2D eigenvalue weighted by Crippen LogP contribution is 2.56. The Labute approximate surface area is 217 Å². The van der Waals surface area contributed by atoms with Crippen LogP contribution in [0.5, 0.6) is 0 Å². The molecule has 0 aliphatic heterocycles. The number of rotatable bonds is 6. The molecule has 4 atom stereocenters. The zero-order valence-corrected chi connectivity index (χ0v) is 21.7. The monoisotopic (exact) mass is 561 g/mol. The molecule has 4 nitrogen and oxygen atoms in total. The molecule has 34 heavy (non-hydrogen) atoms. The van der Waals surface area contributed by atoms with Gasteiger partial charge in [0.2, 0.25) is 0 Å². The van der Waals surface area contributed by atoms with Gasteiger partial charge in [0.15, 0.2) is 0 Å². The van der Waals surface area contributed by atoms with Crippen molar-refractivity contribution in [2.45, 2.75) is 62.8 Å². The minimum absolute atomic E-state index is 0.0847. The summed E-state index contributed by atoms with van der Waals surface area (Å²) in [7, 11) is 0. The molecule has 2 aromatic carbocycles. The summed E-state index contributed by atoms with van der Waals surface area (Å²) in [5.41, 5.74) is 2.57. The molecule has 3 aromatic rings. The fourth-order valence-corrected chi connectivity index (χ4v) is 7.07. The summed E-state index contributed by atoms with van der Waals surface area (Å²) in [6.45, 7) is 0.408. The maximum Gasteiger partial charge on any atom is 0.145 e. The lowest BCUT2D eigenvalue weighted by molar-refractivity contribution is -0.116. The first kappa shape index (κ1) is 23.1. The second-order valence-electron chi connectivity index (χ2n) is 9.96. The Bertz CT molecular complexity index is 1190. The quantitative estimate of drug-likeness (QED) is 0.332. The molecule has 3 aliphatic rings. The highest BCUT2D eigenvalue weighted by atomic mass is 79.9. The van der Waals surface area contributed by atoms with E-state index in [1.165, 1.54) is 0 Å². The molecule has 6 rings (SSSR count). The summed E-state index contributed by atoms with van der Waals surface area (Å²) >= 11 is 16.6. The van der Waals surface area contributed by atoms with Crippen LogP contribution in [0.25, 0.3) is 11.3 Å². The van der Waals surface area contributed by atoms with Crippen LogP contribution in [0, 0.1) is 11.8 Å². The highest BCUT2D eigenvalue weighted by molar-refractivity contribution is 9.10. The Hall–Kier alpha value is -1.37. The van der Waals surface area contributed by atoms with Gasteiger partial charge in [-0.05, 0) is 80.2 Å². The summed E-state index contributed by atoms with van der Waals surface area (Å²) in [4.78, 5) is 0. The van der Waals surface area contributed by atoms with E-state index in [0.29, 0.717) is 33.8 Å². The number of ether oxygens (including phenoxy) is 1. The van der Waals surface area contributed by atoms with Gasteiger partial charge in [-0.3, -0.25) is 0 Å². The Morgan fingerprint density at radius 2 is 1.71 bits per heavy atom. The molecule has 0 unspecified atom stereocenters. The Morgan fingerprint density at radius 1 is 1.03 bits per heavy atom. The Morgan fingerprint density at radius 3 is 2.35 bits per heavy atom. The van der Waals surface area contributed by atoms with E-state index in [1.54, 1.807) is 0 Å². The van der Waals surface area contributed by atoms with E-state index in [4.69, 9.17) is 32.5 Å². The van der Waals surface area contributed by atoms with Crippen LogP contribution in [0.15, 0.2) is 51.5 Å². The van der Waals surface area contributed by atoms with Crippen molar-refractivity contribution in [3.63, 3.8) is 0 Å². The minimum atomic E-state index is -0.781. The fourth-order valence-electron chi connectivity index (χ4n) is 6.10. The predicted octanol–water partition coefficient (Wildman–Crippen LogP) is 7.88. The van der Waals surface area contributed by atoms with Gasteiger partial charge in [-0.2, -0.15) is 0 Å². The van der Waals surface area contributed by atoms with Crippen molar-refractivity contribution >= 4 is 39.1 Å². The molecule has 7 heteroatoms. The number of benzene rings is 2. The lowest BCUT2D eigenvalue weighted by Gasteiger charge is -2.43. The molecule has 2 bridgehead atoms. The first-order chi connectivity index (χ1) is 16.4.